The number of benzene rings is 3. The van der Waals surface area contributed by atoms with Crippen LogP contribution in [0.25, 0.3) is 22.4 Å². The van der Waals surface area contributed by atoms with Crippen LogP contribution in [0.4, 0.5) is 0 Å². The van der Waals surface area contributed by atoms with Gasteiger partial charge >= 0.3 is 0 Å². The molecule has 0 aliphatic heterocycles. The molecule has 0 N–H and O–H groups in total. The fourth-order valence-corrected chi connectivity index (χ4v) is 3.86. The van der Waals surface area contributed by atoms with E-state index >= 15 is 0 Å². The molecule has 0 fully saturated rings. The Bertz CT molecular complexity index is 1160. The van der Waals surface area contributed by atoms with Crippen LogP contribution in [0.1, 0.15) is 28.7 Å². The zero-order valence-corrected chi connectivity index (χ0v) is 17.7. The summed E-state index contributed by atoms with van der Waals surface area (Å²) >= 11 is 0. The number of imidazole rings is 1. The Hall–Kier alpha value is -3.07. The van der Waals surface area contributed by atoms with Gasteiger partial charge in [-0.05, 0) is 69.0 Å². The molecule has 0 bridgehead atoms. The molecule has 4 aromatic rings. The molecule has 3 aromatic carbocycles. The van der Waals surface area contributed by atoms with E-state index < -0.39 is 0 Å². The molecule has 1 aromatic heterocycles. The molecule has 4 rings (SSSR count). The van der Waals surface area contributed by atoms with Crippen molar-refractivity contribution in [1.82, 2.24) is 9.55 Å². The van der Waals surface area contributed by atoms with Crippen molar-refractivity contribution in [3.8, 4) is 17.1 Å². The fraction of sp³-hybridized carbons (Fsp3) is 0.269. The van der Waals surface area contributed by atoms with Gasteiger partial charge in [0.05, 0.1) is 17.6 Å². The van der Waals surface area contributed by atoms with E-state index in [4.69, 9.17) is 9.72 Å². The molecule has 0 amide bonds. The first kappa shape index (κ1) is 19.3. The summed E-state index contributed by atoms with van der Waals surface area (Å²) in [6.07, 6.45) is 0.922. The molecule has 0 atom stereocenters. The first-order chi connectivity index (χ1) is 14.0. The first-order valence-electron chi connectivity index (χ1n) is 10.3. The van der Waals surface area contributed by atoms with Crippen molar-refractivity contribution in [3.05, 3.63) is 82.9 Å². The highest BCUT2D eigenvalue weighted by atomic mass is 16.5. The SMILES string of the molecule is Cc1ccc(-c2nc3ccccc3n2CCCOc2cccc(C)c2C)c(C)c1. The third kappa shape index (κ3) is 3.91. The number of rotatable bonds is 6. The first-order valence-corrected chi connectivity index (χ1v) is 10.3. The Morgan fingerprint density at radius 1 is 0.862 bits per heavy atom. The minimum atomic E-state index is 0.684. The molecule has 0 aliphatic carbocycles. The summed E-state index contributed by atoms with van der Waals surface area (Å²) in [7, 11) is 0. The normalized spacial score (nSPS) is 11.2. The van der Waals surface area contributed by atoms with Crippen molar-refractivity contribution < 1.29 is 4.74 Å². The van der Waals surface area contributed by atoms with E-state index in [-0.39, 0.29) is 0 Å². The van der Waals surface area contributed by atoms with Crippen LogP contribution in [-0.2, 0) is 6.54 Å². The molecule has 3 heteroatoms. The van der Waals surface area contributed by atoms with Crippen LogP contribution in [0.15, 0.2) is 60.7 Å². The third-order valence-corrected chi connectivity index (χ3v) is 5.62. The van der Waals surface area contributed by atoms with E-state index in [1.165, 1.54) is 33.3 Å². The lowest BCUT2D eigenvalue weighted by molar-refractivity contribution is 0.301. The van der Waals surface area contributed by atoms with Crippen molar-refractivity contribution in [1.29, 1.82) is 0 Å². The van der Waals surface area contributed by atoms with E-state index in [2.05, 4.69) is 92.9 Å². The molecular weight excluding hydrogens is 356 g/mol. The van der Waals surface area contributed by atoms with E-state index in [0.717, 1.165) is 30.1 Å². The predicted octanol–water partition coefficient (Wildman–Crippen LogP) is 6.41. The maximum absolute atomic E-state index is 6.08. The molecule has 0 unspecified atom stereocenters. The average Bonchev–Trinajstić information content (AvgIpc) is 3.06. The van der Waals surface area contributed by atoms with Gasteiger partial charge in [-0.1, -0.05) is 48.0 Å². The Morgan fingerprint density at radius 3 is 2.52 bits per heavy atom. The zero-order valence-electron chi connectivity index (χ0n) is 17.7. The van der Waals surface area contributed by atoms with E-state index in [1.807, 2.05) is 0 Å². The molecule has 0 spiro atoms. The topological polar surface area (TPSA) is 27.1 Å². The van der Waals surface area contributed by atoms with Gasteiger partial charge in [0.15, 0.2) is 0 Å². The highest BCUT2D eigenvalue weighted by Gasteiger charge is 2.14. The number of fused-ring (bicyclic) bond motifs is 1. The predicted molar refractivity (Wildman–Crippen MR) is 121 cm³/mol. The number of aromatic nitrogens is 2. The monoisotopic (exact) mass is 384 g/mol. The lowest BCUT2D eigenvalue weighted by Crippen LogP contribution is -2.07. The summed E-state index contributed by atoms with van der Waals surface area (Å²) < 4.78 is 8.41. The molecule has 0 saturated heterocycles. The van der Waals surface area contributed by atoms with Crippen LogP contribution in [0.5, 0.6) is 5.75 Å². The summed E-state index contributed by atoms with van der Waals surface area (Å²) in [5.74, 6) is 2.02. The number of aryl methyl sites for hydroxylation is 4. The number of ether oxygens (including phenoxy) is 1. The number of hydrogen-bond donors (Lipinski definition) is 0. The van der Waals surface area contributed by atoms with Gasteiger partial charge in [-0.2, -0.15) is 0 Å². The van der Waals surface area contributed by atoms with Crippen molar-refractivity contribution in [3.63, 3.8) is 0 Å². The van der Waals surface area contributed by atoms with Crippen LogP contribution in [0.3, 0.4) is 0 Å². The molecule has 0 saturated carbocycles. The van der Waals surface area contributed by atoms with Gasteiger partial charge < -0.3 is 9.30 Å². The highest BCUT2D eigenvalue weighted by molar-refractivity contribution is 5.81. The lowest BCUT2D eigenvalue weighted by atomic mass is 10.1. The molecule has 148 valence electrons. The minimum Gasteiger partial charge on any atom is -0.493 e. The second-order valence-electron chi connectivity index (χ2n) is 7.79. The molecular formula is C26H28N2O. The smallest absolute Gasteiger partial charge is 0.141 e. The summed E-state index contributed by atoms with van der Waals surface area (Å²) in [6, 6.07) is 21.2. The molecule has 0 radical (unpaired) electrons. The van der Waals surface area contributed by atoms with Crippen molar-refractivity contribution in [2.75, 3.05) is 6.61 Å². The Balaban J connectivity index is 1.58. The molecule has 1 heterocycles. The van der Waals surface area contributed by atoms with Crippen LogP contribution in [-0.4, -0.2) is 16.2 Å². The third-order valence-electron chi connectivity index (χ3n) is 5.62. The summed E-state index contributed by atoms with van der Waals surface area (Å²) in [5.41, 5.74) is 8.43. The maximum atomic E-state index is 6.08. The van der Waals surface area contributed by atoms with Crippen LogP contribution in [0.2, 0.25) is 0 Å². The van der Waals surface area contributed by atoms with E-state index in [0.29, 0.717) is 6.61 Å². The second kappa shape index (κ2) is 8.12. The van der Waals surface area contributed by atoms with Crippen molar-refractivity contribution in [2.24, 2.45) is 0 Å². The highest BCUT2D eigenvalue weighted by Crippen LogP contribution is 2.28. The zero-order chi connectivity index (χ0) is 20.4. The number of nitrogens with zero attached hydrogens (tertiary/aromatic N) is 2. The van der Waals surface area contributed by atoms with Crippen LogP contribution < -0.4 is 4.74 Å². The Kier molecular flexibility index (Phi) is 5.39. The fourth-order valence-electron chi connectivity index (χ4n) is 3.86. The van der Waals surface area contributed by atoms with Gasteiger partial charge in [-0.25, -0.2) is 4.98 Å². The summed E-state index contributed by atoms with van der Waals surface area (Å²) in [5, 5.41) is 0. The maximum Gasteiger partial charge on any atom is 0.141 e. The summed E-state index contributed by atoms with van der Waals surface area (Å²) in [4.78, 5) is 4.96. The van der Waals surface area contributed by atoms with Gasteiger partial charge in [0.1, 0.15) is 11.6 Å². The Labute approximate surface area is 173 Å². The molecule has 29 heavy (non-hydrogen) atoms. The molecule has 3 nitrogen and oxygen atoms in total. The van der Waals surface area contributed by atoms with Crippen LogP contribution >= 0.6 is 0 Å². The molecule has 0 aliphatic rings. The summed E-state index contributed by atoms with van der Waals surface area (Å²) in [6.45, 7) is 10.1. The van der Waals surface area contributed by atoms with Crippen molar-refractivity contribution >= 4 is 11.0 Å². The second-order valence-corrected chi connectivity index (χ2v) is 7.79. The largest absolute Gasteiger partial charge is 0.493 e. The van der Waals surface area contributed by atoms with Gasteiger partial charge in [0.2, 0.25) is 0 Å². The van der Waals surface area contributed by atoms with E-state index in [9.17, 15) is 0 Å². The standard InChI is InChI=1S/C26H28N2O/c1-18-13-14-22(20(3)17-18)26-27-23-10-5-6-11-24(23)28(26)15-8-16-29-25-12-7-9-19(2)21(25)4/h5-7,9-14,17H,8,15-16H2,1-4H3. The minimum absolute atomic E-state index is 0.684. The van der Waals surface area contributed by atoms with Gasteiger partial charge in [0, 0.05) is 12.1 Å². The lowest BCUT2D eigenvalue weighted by Gasteiger charge is -2.13. The number of para-hydroxylation sites is 2. The van der Waals surface area contributed by atoms with Gasteiger partial charge in [0.25, 0.3) is 0 Å². The van der Waals surface area contributed by atoms with Crippen LogP contribution in [0, 0.1) is 27.7 Å². The van der Waals surface area contributed by atoms with Gasteiger partial charge in [-0.15, -0.1) is 0 Å². The Morgan fingerprint density at radius 2 is 1.69 bits per heavy atom. The van der Waals surface area contributed by atoms with Gasteiger partial charge in [-0.3, -0.25) is 0 Å². The average molecular weight is 385 g/mol. The van der Waals surface area contributed by atoms with Crippen molar-refractivity contribution in [2.45, 2.75) is 40.7 Å². The number of hydrogen-bond acceptors (Lipinski definition) is 2. The quantitative estimate of drug-likeness (QED) is 0.359. The van der Waals surface area contributed by atoms with E-state index in [1.54, 1.807) is 0 Å².